The standard InChI is InChI=1S/C10H15ClN2O3/c1-7(5-11)6-13-3-2-12-10(16)8(13)4-9(14)15/h5,8H,2-4,6H2,1H3,(H,12,16)(H,14,15). The van der Waals surface area contributed by atoms with Crippen LogP contribution in [0.2, 0.25) is 0 Å². The van der Waals surface area contributed by atoms with Gasteiger partial charge in [0.15, 0.2) is 0 Å². The molecular weight excluding hydrogens is 232 g/mol. The molecule has 1 saturated heterocycles. The van der Waals surface area contributed by atoms with Crippen LogP contribution < -0.4 is 5.32 Å². The molecule has 0 aliphatic carbocycles. The van der Waals surface area contributed by atoms with Gasteiger partial charge in [-0.05, 0) is 12.5 Å². The largest absolute Gasteiger partial charge is 0.481 e. The minimum absolute atomic E-state index is 0.179. The normalized spacial score (nSPS) is 23.0. The van der Waals surface area contributed by atoms with E-state index in [1.54, 1.807) is 0 Å². The molecule has 1 atom stereocenters. The van der Waals surface area contributed by atoms with E-state index in [-0.39, 0.29) is 12.3 Å². The minimum atomic E-state index is -0.973. The fourth-order valence-corrected chi connectivity index (χ4v) is 1.76. The zero-order valence-electron chi connectivity index (χ0n) is 9.07. The smallest absolute Gasteiger partial charge is 0.305 e. The van der Waals surface area contributed by atoms with Gasteiger partial charge in [-0.3, -0.25) is 14.5 Å². The van der Waals surface area contributed by atoms with Crippen molar-refractivity contribution >= 4 is 23.5 Å². The fraction of sp³-hybridized carbons (Fsp3) is 0.600. The second-order valence-corrected chi connectivity index (χ2v) is 4.05. The number of nitrogens with zero attached hydrogens (tertiary/aromatic N) is 1. The Morgan fingerprint density at radius 3 is 3.00 bits per heavy atom. The molecule has 1 amide bonds. The maximum Gasteiger partial charge on any atom is 0.305 e. The van der Waals surface area contributed by atoms with Gasteiger partial charge in [-0.25, -0.2) is 0 Å². The van der Waals surface area contributed by atoms with Crippen molar-refractivity contribution in [3.05, 3.63) is 11.1 Å². The number of carboxylic acids is 1. The number of hydrogen-bond acceptors (Lipinski definition) is 3. The number of nitrogens with one attached hydrogen (secondary N) is 1. The van der Waals surface area contributed by atoms with Gasteiger partial charge in [-0.2, -0.15) is 0 Å². The zero-order chi connectivity index (χ0) is 12.1. The van der Waals surface area contributed by atoms with Crippen LogP contribution in [0.25, 0.3) is 0 Å². The van der Waals surface area contributed by atoms with Gasteiger partial charge in [0.05, 0.1) is 12.5 Å². The van der Waals surface area contributed by atoms with E-state index in [0.29, 0.717) is 19.6 Å². The van der Waals surface area contributed by atoms with Crippen LogP contribution >= 0.6 is 11.6 Å². The van der Waals surface area contributed by atoms with Crippen molar-refractivity contribution in [2.75, 3.05) is 19.6 Å². The number of rotatable bonds is 4. The summed E-state index contributed by atoms with van der Waals surface area (Å²) in [5, 5.41) is 11.4. The first-order chi connectivity index (χ1) is 7.54. The molecule has 0 radical (unpaired) electrons. The third kappa shape index (κ3) is 3.50. The Kier molecular flexibility index (Phi) is 4.76. The topological polar surface area (TPSA) is 69.6 Å². The molecule has 1 rings (SSSR count). The predicted octanol–water partition coefficient (Wildman–Crippen LogP) is 0.404. The number of piperazine rings is 1. The van der Waals surface area contributed by atoms with Gasteiger partial charge in [0, 0.05) is 25.2 Å². The lowest BCUT2D eigenvalue weighted by atomic mass is 10.1. The Labute approximate surface area is 99.1 Å². The molecule has 1 aliphatic rings. The van der Waals surface area contributed by atoms with Gasteiger partial charge in [-0.1, -0.05) is 11.6 Å². The highest BCUT2D eigenvalue weighted by atomic mass is 35.5. The first-order valence-corrected chi connectivity index (χ1v) is 5.47. The Morgan fingerprint density at radius 1 is 1.75 bits per heavy atom. The second kappa shape index (κ2) is 5.86. The average Bonchev–Trinajstić information content (AvgIpc) is 2.22. The third-order valence-electron chi connectivity index (χ3n) is 2.45. The van der Waals surface area contributed by atoms with Crippen LogP contribution in [0.1, 0.15) is 13.3 Å². The number of halogens is 1. The van der Waals surface area contributed by atoms with E-state index in [2.05, 4.69) is 5.32 Å². The summed E-state index contributed by atoms with van der Waals surface area (Å²) in [6.45, 7) is 3.56. The van der Waals surface area contributed by atoms with Gasteiger partial charge in [0.25, 0.3) is 0 Å². The molecule has 0 aromatic rings. The molecule has 0 aromatic heterocycles. The Morgan fingerprint density at radius 2 is 2.44 bits per heavy atom. The van der Waals surface area contributed by atoms with Crippen LogP contribution in [0.4, 0.5) is 0 Å². The zero-order valence-corrected chi connectivity index (χ0v) is 9.83. The molecule has 16 heavy (non-hydrogen) atoms. The van der Waals surface area contributed by atoms with E-state index in [1.165, 1.54) is 5.54 Å². The van der Waals surface area contributed by atoms with E-state index < -0.39 is 12.0 Å². The lowest BCUT2D eigenvalue weighted by molar-refractivity contribution is -0.143. The second-order valence-electron chi connectivity index (χ2n) is 3.83. The first-order valence-electron chi connectivity index (χ1n) is 5.04. The van der Waals surface area contributed by atoms with Gasteiger partial charge in [0.1, 0.15) is 0 Å². The molecule has 0 saturated carbocycles. The highest BCUT2D eigenvalue weighted by Gasteiger charge is 2.31. The van der Waals surface area contributed by atoms with Crippen molar-refractivity contribution in [2.45, 2.75) is 19.4 Å². The summed E-state index contributed by atoms with van der Waals surface area (Å²) in [5.74, 6) is -1.20. The minimum Gasteiger partial charge on any atom is -0.481 e. The summed E-state index contributed by atoms with van der Waals surface area (Å²) < 4.78 is 0. The molecule has 1 fully saturated rings. The van der Waals surface area contributed by atoms with Crippen LogP contribution in [0.5, 0.6) is 0 Å². The summed E-state index contributed by atoms with van der Waals surface area (Å²) in [4.78, 5) is 24.0. The Bertz CT molecular complexity index is 317. The summed E-state index contributed by atoms with van der Waals surface area (Å²) >= 11 is 5.56. The van der Waals surface area contributed by atoms with Crippen molar-refractivity contribution in [1.82, 2.24) is 10.2 Å². The van der Waals surface area contributed by atoms with E-state index in [9.17, 15) is 9.59 Å². The van der Waals surface area contributed by atoms with Gasteiger partial charge >= 0.3 is 5.97 Å². The van der Waals surface area contributed by atoms with Crippen molar-refractivity contribution in [3.63, 3.8) is 0 Å². The first kappa shape index (κ1) is 13.0. The molecule has 0 bridgehead atoms. The molecule has 0 aromatic carbocycles. The summed E-state index contributed by atoms with van der Waals surface area (Å²) in [7, 11) is 0. The van der Waals surface area contributed by atoms with E-state index in [0.717, 1.165) is 5.57 Å². The molecule has 1 heterocycles. The quantitative estimate of drug-likeness (QED) is 0.754. The van der Waals surface area contributed by atoms with E-state index in [4.69, 9.17) is 16.7 Å². The molecule has 90 valence electrons. The molecule has 0 spiro atoms. The van der Waals surface area contributed by atoms with Crippen molar-refractivity contribution in [1.29, 1.82) is 0 Å². The van der Waals surface area contributed by atoms with Crippen molar-refractivity contribution in [2.24, 2.45) is 0 Å². The predicted molar refractivity (Wildman–Crippen MR) is 60.2 cm³/mol. The molecule has 1 aliphatic heterocycles. The number of carboxylic acid groups (broad SMARTS) is 1. The van der Waals surface area contributed by atoms with Crippen LogP contribution in [0.3, 0.4) is 0 Å². The van der Waals surface area contributed by atoms with Crippen LogP contribution in [-0.4, -0.2) is 47.6 Å². The SMILES string of the molecule is CC(=CCl)CN1CCNC(=O)C1CC(=O)O. The maximum absolute atomic E-state index is 11.5. The van der Waals surface area contributed by atoms with Gasteiger partial charge in [-0.15, -0.1) is 0 Å². The molecule has 1 unspecified atom stereocenters. The lowest BCUT2D eigenvalue weighted by Gasteiger charge is -2.34. The summed E-state index contributed by atoms with van der Waals surface area (Å²) in [5.41, 5.74) is 2.36. The number of aliphatic carboxylic acids is 1. The lowest BCUT2D eigenvalue weighted by Crippen LogP contribution is -2.56. The van der Waals surface area contributed by atoms with Crippen LogP contribution in [0.15, 0.2) is 11.1 Å². The maximum atomic E-state index is 11.5. The highest BCUT2D eigenvalue weighted by Crippen LogP contribution is 2.11. The molecular formula is C10H15ClN2O3. The molecule has 5 nitrogen and oxygen atoms in total. The number of carbonyl (C=O) groups excluding carboxylic acids is 1. The molecule has 2 N–H and O–H groups in total. The van der Waals surface area contributed by atoms with E-state index in [1.807, 2.05) is 11.8 Å². The fourth-order valence-electron chi connectivity index (χ4n) is 1.69. The Balaban J connectivity index is 2.70. The molecule has 6 heteroatoms. The van der Waals surface area contributed by atoms with E-state index >= 15 is 0 Å². The average molecular weight is 247 g/mol. The van der Waals surface area contributed by atoms with Gasteiger partial charge < -0.3 is 10.4 Å². The third-order valence-corrected chi connectivity index (χ3v) is 2.82. The highest BCUT2D eigenvalue weighted by molar-refractivity contribution is 6.25. The summed E-state index contributed by atoms with van der Waals surface area (Å²) in [6, 6.07) is -0.599. The van der Waals surface area contributed by atoms with Crippen molar-refractivity contribution < 1.29 is 14.7 Å². The number of carbonyl (C=O) groups is 2. The number of amides is 1. The van der Waals surface area contributed by atoms with Crippen molar-refractivity contribution in [3.8, 4) is 0 Å². The van der Waals surface area contributed by atoms with Crippen LogP contribution in [-0.2, 0) is 9.59 Å². The summed E-state index contributed by atoms with van der Waals surface area (Å²) in [6.07, 6.45) is -0.179. The Hall–Kier alpha value is -1.07. The van der Waals surface area contributed by atoms with Gasteiger partial charge in [0.2, 0.25) is 5.91 Å². The van der Waals surface area contributed by atoms with Crippen LogP contribution in [0, 0.1) is 0 Å². The number of hydrogen-bond donors (Lipinski definition) is 2. The monoisotopic (exact) mass is 246 g/mol.